The molecule has 2 amide bonds. The molecule has 0 atom stereocenters. The zero-order chi connectivity index (χ0) is 23.4. The number of rotatable bonds is 4. The first-order chi connectivity index (χ1) is 15.9. The molecule has 0 aliphatic carbocycles. The third kappa shape index (κ3) is 4.72. The second-order valence-corrected chi connectivity index (χ2v) is 7.84. The Morgan fingerprint density at radius 3 is 2.42 bits per heavy atom. The maximum Gasteiger partial charge on any atom is 0.257 e. The number of hydrogen-bond donors (Lipinski definition) is 1. The number of halogens is 2. The third-order valence-electron chi connectivity index (χ3n) is 5.76. The lowest BCUT2D eigenvalue weighted by molar-refractivity contribution is 0.0421. The molecule has 1 saturated heterocycles. The van der Waals surface area contributed by atoms with Gasteiger partial charge in [-0.2, -0.15) is 5.26 Å². The van der Waals surface area contributed by atoms with Gasteiger partial charge in [-0.15, -0.1) is 0 Å². The van der Waals surface area contributed by atoms with Gasteiger partial charge in [0.25, 0.3) is 11.8 Å². The smallest absolute Gasteiger partial charge is 0.257 e. The van der Waals surface area contributed by atoms with Crippen molar-refractivity contribution in [1.29, 1.82) is 5.26 Å². The predicted molar refractivity (Wildman–Crippen MR) is 118 cm³/mol. The summed E-state index contributed by atoms with van der Waals surface area (Å²) in [7, 11) is 0. The molecule has 0 spiro atoms. The van der Waals surface area contributed by atoms with Crippen LogP contribution in [0.4, 0.5) is 14.5 Å². The number of aromatic nitrogens is 1. The first kappa shape index (κ1) is 22.1. The Labute approximate surface area is 189 Å². The molecule has 1 aliphatic heterocycles. The van der Waals surface area contributed by atoms with Crippen molar-refractivity contribution < 1.29 is 18.4 Å². The molecule has 8 heteroatoms. The van der Waals surface area contributed by atoms with Crippen LogP contribution in [0.15, 0.2) is 67.0 Å². The molecule has 1 aliphatic rings. The van der Waals surface area contributed by atoms with E-state index in [1.807, 2.05) is 6.07 Å². The number of piperidine rings is 1. The van der Waals surface area contributed by atoms with E-state index >= 15 is 4.39 Å². The summed E-state index contributed by atoms with van der Waals surface area (Å²) in [5.41, 5.74) is -0.317. The topological polar surface area (TPSA) is 86.1 Å². The highest BCUT2D eigenvalue weighted by Crippen LogP contribution is 2.37. The van der Waals surface area contributed by atoms with E-state index in [-0.39, 0.29) is 48.7 Å². The van der Waals surface area contributed by atoms with Crippen molar-refractivity contribution in [2.75, 3.05) is 18.4 Å². The highest BCUT2D eigenvalue weighted by atomic mass is 19.1. The van der Waals surface area contributed by atoms with Crippen LogP contribution in [0.25, 0.3) is 0 Å². The summed E-state index contributed by atoms with van der Waals surface area (Å²) < 4.78 is 29.7. The summed E-state index contributed by atoms with van der Waals surface area (Å²) >= 11 is 0. The Balaban J connectivity index is 1.45. The molecule has 4 rings (SSSR count). The van der Waals surface area contributed by atoms with Gasteiger partial charge >= 0.3 is 0 Å². The quantitative estimate of drug-likeness (QED) is 0.642. The van der Waals surface area contributed by atoms with Gasteiger partial charge in [-0.3, -0.25) is 14.6 Å². The zero-order valence-corrected chi connectivity index (χ0v) is 17.6. The number of nitriles is 1. The lowest BCUT2D eigenvalue weighted by Gasteiger charge is -2.36. The summed E-state index contributed by atoms with van der Waals surface area (Å²) in [6.07, 6.45) is 3.09. The number of carbonyl (C=O) groups excluding carboxylic acids is 2. The maximum absolute atomic E-state index is 15.5. The van der Waals surface area contributed by atoms with E-state index in [9.17, 15) is 14.0 Å². The first-order valence-electron chi connectivity index (χ1n) is 10.4. The summed E-state index contributed by atoms with van der Waals surface area (Å²) in [5, 5.41) is 11.4. The first-order valence-corrected chi connectivity index (χ1v) is 10.4. The van der Waals surface area contributed by atoms with E-state index in [2.05, 4.69) is 10.3 Å². The number of anilines is 1. The van der Waals surface area contributed by atoms with Gasteiger partial charge in [0.05, 0.1) is 22.9 Å². The monoisotopic (exact) mass is 446 g/mol. The lowest BCUT2D eigenvalue weighted by atomic mass is 9.85. The Morgan fingerprint density at radius 2 is 1.79 bits per heavy atom. The molecule has 1 fully saturated rings. The van der Waals surface area contributed by atoms with Crippen molar-refractivity contribution in [3.63, 3.8) is 0 Å². The second-order valence-electron chi connectivity index (χ2n) is 7.84. The van der Waals surface area contributed by atoms with Gasteiger partial charge in [0, 0.05) is 43.9 Å². The van der Waals surface area contributed by atoms with Crippen LogP contribution >= 0.6 is 0 Å². The minimum Gasteiger partial charge on any atom is -0.338 e. The van der Waals surface area contributed by atoms with E-state index in [0.29, 0.717) is 11.1 Å². The van der Waals surface area contributed by atoms with Crippen LogP contribution in [-0.2, 0) is 5.67 Å². The summed E-state index contributed by atoms with van der Waals surface area (Å²) in [6, 6.07) is 15.2. The average molecular weight is 446 g/mol. The Hall–Kier alpha value is -4.12. The summed E-state index contributed by atoms with van der Waals surface area (Å²) in [4.78, 5) is 30.7. The van der Waals surface area contributed by atoms with Crippen molar-refractivity contribution in [1.82, 2.24) is 9.88 Å². The van der Waals surface area contributed by atoms with E-state index in [0.717, 1.165) is 6.07 Å². The molecule has 33 heavy (non-hydrogen) atoms. The van der Waals surface area contributed by atoms with E-state index in [4.69, 9.17) is 5.26 Å². The molecule has 3 aromatic rings. The number of hydrogen-bond acceptors (Lipinski definition) is 4. The lowest BCUT2D eigenvalue weighted by Crippen LogP contribution is -2.43. The van der Waals surface area contributed by atoms with Crippen LogP contribution in [0.3, 0.4) is 0 Å². The summed E-state index contributed by atoms with van der Waals surface area (Å²) in [6.45, 7) is 0.369. The van der Waals surface area contributed by atoms with Crippen LogP contribution in [0, 0.1) is 17.1 Å². The number of benzene rings is 2. The van der Waals surface area contributed by atoms with E-state index in [1.54, 1.807) is 36.4 Å². The number of carbonyl (C=O) groups is 2. The van der Waals surface area contributed by atoms with Gasteiger partial charge < -0.3 is 10.2 Å². The molecule has 166 valence electrons. The SMILES string of the molecule is N#Cc1ccc(C2(F)CCN(C(=O)c3ccc(F)c(NC(=O)c4cccnc4)c3)CC2)cc1. The normalized spacial score (nSPS) is 14.9. The fourth-order valence-electron chi connectivity index (χ4n) is 3.82. The van der Waals surface area contributed by atoms with Crippen molar-refractivity contribution in [3.8, 4) is 6.07 Å². The van der Waals surface area contributed by atoms with E-state index in [1.165, 1.54) is 29.4 Å². The van der Waals surface area contributed by atoms with Crippen molar-refractivity contribution >= 4 is 17.5 Å². The van der Waals surface area contributed by atoms with Crippen molar-refractivity contribution in [2.45, 2.75) is 18.5 Å². The molecule has 0 unspecified atom stereocenters. The number of likely N-dealkylation sites (tertiary alicyclic amines) is 1. The van der Waals surface area contributed by atoms with Crippen molar-refractivity contribution in [3.05, 3.63) is 95.1 Å². The van der Waals surface area contributed by atoms with Crippen LogP contribution in [0.1, 0.15) is 44.7 Å². The van der Waals surface area contributed by atoms with Gasteiger partial charge in [0.15, 0.2) is 0 Å². The minimum absolute atomic E-state index is 0.108. The largest absolute Gasteiger partial charge is 0.338 e. The van der Waals surface area contributed by atoms with Gasteiger partial charge in [0.2, 0.25) is 0 Å². The number of alkyl halides is 1. The molecule has 6 nitrogen and oxygen atoms in total. The Bertz CT molecular complexity index is 1220. The molecular formula is C25H20F2N4O2. The van der Waals surface area contributed by atoms with Crippen LogP contribution in [0.5, 0.6) is 0 Å². The van der Waals surface area contributed by atoms with Crippen LogP contribution in [0.2, 0.25) is 0 Å². The number of amides is 2. The highest BCUT2D eigenvalue weighted by molar-refractivity contribution is 6.05. The van der Waals surface area contributed by atoms with Crippen LogP contribution in [-0.4, -0.2) is 34.8 Å². The third-order valence-corrected chi connectivity index (χ3v) is 5.76. The molecule has 2 heterocycles. The zero-order valence-electron chi connectivity index (χ0n) is 17.6. The Kier molecular flexibility index (Phi) is 6.13. The van der Waals surface area contributed by atoms with Gasteiger partial charge in [0.1, 0.15) is 11.5 Å². The molecule has 0 saturated carbocycles. The van der Waals surface area contributed by atoms with Gasteiger partial charge in [-0.25, -0.2) is 8.78 Å². The summed E-state index contributed by atoms with van der Waals surface area (Å²) in [5.74, 6) is -1.59. The number of nitrogens with one attached hydrogen (secondary N) is 1. The molecule has 1 N–H and O–H groups in total. The minimum atomic E-state index is -1.59. The number of nitrogens with zero attached hydrogens (tertiary/aromatic N) is 3. The molecule has 0 radical (unpaired) electrons. The fourth-order valence-corrected chi connectivity index (χ4v) is 3.82. The molecule has 0 bridgehead atoms. The van der Waals surface area contributed by atoms with Gasteiger partial charge in [-0.05, 0) is 48.0 Å². The molecular weight excluding hydrogens is 426 g/mol. The second kappa shape index (κ2) is 9.17. The average Bonchev–Trinajstić information content (AvgIpc) is 2.86. The fraction of sp³-hybridized carbons (Fsp3) is 0.200. The predicted octanol–water partition coefficient (Wildman–Crippen LogP) is 4.45. The highest BCUT2D eigenvalue weighted by Gasteiger charge is 2.37. The van der Waals surface area contributed by atoms with Gasteiger partial charge in [-0.1, -0.05) is 12.1 Å². The van der Waals surface area contributed by atoms with Crippen LogP contribution < -0.4 is 5.32 Å². The van der Waals surface area contributed by atoms with Crippen molar-refractivity contribution in [2.24, 2.45) is 0 Å². The van der Waals surface area contributed by atoms with E-state index < -0.39 is 17.4 Å². The Morgan fingerprint density at radius 1 is 1.06 bits per heavy atom. The maximum atomic E-state index is 15.5. The standard InChI is InChI=1S/C25H20F2N4O2/c26-21-8-5-18(14-22(21)30-23(32)19-2-1-11-29-16-19)24(33)31-12-9-25(27,10-13-31)20-6-3-17(15-28)4-7-20/h1-8,11,14,16H,9-10,12-13H2,(H,30,32). The number of pyridine rings is 1. The molecule has 2 aromatic carbocycles. The molecule has 1 aromatic heterocycles.